The minimum absolute atomic E-state index is 0.304. The third-order valence-corrected chi connectivity index (χ3v) is 4.10. The van der Waals surface area contributed by atoms with Crippen molar-refractivity contribution in [3.63, 3.8) is 0 Å². The number of hydrogen-bond donors (Lipinski definition) is 0. The summed E-state index contributed by atoms with van der Waals surface area (Å²) in [6, 6.07) is 3.90. The maximum absolute atomic E-state index is 12.2. The van der Waals surface area contributed by atoms with E-state index in [4.69, 9.17) is 0 Å². The van der Waals surface area contributed by atoms with Gasteiger partial charge in [0.2, 0.25) is 0 Å². The van der Waals surface area contributed by atoms with Crippen molar-refractivity contribution in [1.29, 1.82) is 0 Å². The van der Waals surface area contributed by atoms with Gasteiger partial charge >= 0.3 is 0 Å². The van der Waals surface area contributed by atoms with Crippen LogP contribution in [0, 0.1) is 11.8 Å². The van der Waals surface area contributed by atoms with Crippen LogP contribution in [0.2, 0.25) is 0 Å². The molecule has 1 aliphatic carbocycles. The molecule has 1 fully saturated rings. The van der Waals surface area contributed by atoms with Gasteiger partial charge in [0, 0.05) is 24.7 Å². The predicted octanol–water partition coefficient (Wildman–Crippen LogP) is 3.80. The highest BCUT2D eigenvalue weighted by Gasteiger charge is 2.25. The normalized spacial score (nSPS) is 23.8. The molecule has 2 rings (SSSR count). The summed E-state index contributed by atoms with van der Waals surface area (Å²) in [4.78, 5) is 16.3. The Bertz CT molecular complexity index is 366. The second-order valence-corrected chi connectivity index (χ2v) is 5.51. The van der Waals surface area contributed by atoms with E-state index < -0.39 is 0 Å². The lowest BCUT2D eigenvalue weighted by Crippen LogP contribution is -2.23. The highest BCUT2D eigenvalue weighted by Crippen LogP contribution is 2.32. The van der Waals surface area contributed by atoms with Crippen LogP contribution in [0.25, 0.3) is 0 Å². The van der Waals surface area contributed by atoms with Crippen LogP contribution in [0.1, 0.15) is 51.0 Å². The lowest BCUT2D eigenvalue weighted by Gasteiger charge is -2.27. The van der Waals surface area contributed by atoms with Crippen LogP contribution in [0.4, 0.5) is 0 Å². The molecule has 1 aromatic rings. The fourth-order valence-corrected chi connectivity index (χ4v) is 3.03. The zero-order valence-corrected chi connectivity index (χ0v) is 11.3. The molecule has 2 heteroatoms. The monoisotopic (exact) mass is 245 g/mol. The molecule has 0 aromatic carbocycles. The van der Waals surface area contributed by atoms with Gasteiger partial charge in [-0.25, -0.2) is 0 Å². The van der Waals surface area contributed by atoms with E-state index in [9.17, 15) is 4.79 Å². The molecule has 0 bridgehead atoms. The van der Waals surface area contributed by atoms with Crippen LogP contribution in [-0.4, -0.2) is 10.8 Å². The Labute approximate surface area is 110 Å². The number of pyridine rings is 1. The molecule has 0 unspecified atom stereocenters. The van der Waals surface area contributed by atoms with Crippen molar-refractivity contribution < 1.29 is 4.79 Å². The van der Waals surface area contributed by atoms with Crippen LogP contribution in [0.3, 0.4) is 0 Å². The summed E-state index contributed by atoms with van der Waals surface area (Å²) >= 11 is 0. The maximum Gasteiger partial charge on any atom is 0.140 e. The molecule has 1 aromatic heterocycles. The highest BCUT2D eigenvalue weighted by atomic mass is 16.1. The summed E-state index contributed by atoms with van der Waals surface area (Å²) in [5, 5.41) is 0. The molecule has 0 atom stereocenters. The molecule has 98 valence electrons. The molecule has 1 heterocycles. The average Bonchev–Trinajstić information content (AvgIpc) is 2.41. The summed E-state index contributed by atoms with van der Waals surface area (Å²) in [6.07, 6.45) is 11.4. The predicted molar refractivity (Wildman–Crippen MR) is 73.3 cm³/mol. The second kappa shape index (κ2) is 6.67. The molecule has 2 nitrogen and oxygen atoms in total. The Morgan fingerprint density at radius 1 is 1.33 bits per heavy atom. The molecule has 18 heavy (non-hydrogen) atoms. The van der Waals surface area contributed by atoms with Crippen LogP contribution >= 0.6 is 0 Å². The molecule has 1 aliphatic rings. The molecule has 0 aliphatic heterocycles. The number of ketones is 1. The summed E-state index contributed by atoms with van der Waals surface area (Å²) in [6.45, 7) is 2.25. The van der Waals surface area contributed by atoms with E-state index in [0.717, 1.165) is 24.3 Å². The first-order valence-corrected chi connectivity index (χ1v) is 7.21. The third-order valence-electron chi connectivity index (χ3n) is 4.10. The average molecular weight is 245 g/mol. The molecule has 0 spiro atoms. The number of carbonyl (C=O) groups excluding carboxylic acids is 1. The van der Waals surface area contributed by atoms with Gasteiger partial charge in [-0.15, -0.1) is 0 Å². The van der Waals surface area contributed by atoms with Crippen LogP contribution in [0.15, 0.2) is 24.5 Å². The van der Waals surface area contributed by atoms with E-state index >= 15 is 0 Å². The van der Waals surface area contributed by atoms with Gasteiger partial charge in [0.1, 0.15) is 5.78 Å². The maximum atomic E-state index is 12.2. The van der Waals surface area contributed by atoms with Gasteiger partial charge in [0.05, 0.1) is 0 Å². The van der Waals surface area contributed by atoms with Gasteiger partial charge in [-0.2, -0.15) is 0 Å². The van der Waals surface area contributed by atoms with Crippen LogP contribution in [-0.2, 0) is 11.2 Å². The van der Waals surface area contributed by atoms with Gasteiger partial charge in [0.25, 0.3) is 0 Å². The van der Waals surface area contributed by atoms with E-state index in [2.05, 4.69) is 11.9 Å². The molecular weight excluding hydrogens is 222 g/mol. The number of carbonyl (C=O) groups is 1. The number of aromatic nitrogens is 1. The number of rotatable bonds is 5. The molecular formula is C16H23NO. The van der Waals surface area contributed by atoms with E-state index in [1.807, 2.05) is 12.1 Å². The lowest BCUT2D eigenvalue weighted by atomic mass is 9.77. The Hall–Kier alpha value is -1.18. The fourth-order valence-electron chi connectivity index (χ4n) is 3.03. The highest BCUT2D eigenvalue weighted by molar-refractivity contribution is 5.83. The van der Waals surface area contributed by atoms with E-state index in [1.54, 1.807) is 12.4 Å². The van der Waals surface area contributed by atoms with Crippen LogP contribution < -0.4 is 0 Å². The van der Waals surface area contributed by atoms with Crippen molar-refractivity contribution in [1.82, 2.24) is 4.98 Å². The van der Waals surface area contributed by atoms with E-state index in [1.165, 1.54) is 25.7 Å². The Morgan fingerprint density at radius 2 is 2.11 bits per heavy atom. The first-order valence-electron chi connectivity index (χ1n) is 7.21. The summed E-state index contributed by atoms with van der Waals surface area (Å²) in [7, 11) is 0. The van der Waals surface area contributed by atoms with Gasteiger partial charge in [-0.1, -0.05) is 25.8 Å². The van der Waals surface area contributed by atoms with Crippen molar-refractivity contribution in [2.24, 2.45) is 11.8 Å². The van der Waals surface area contributed by atoms with Gasteiger partial charge in [0.15, 0.2) is 0 Å². The number of Topliss-reactive ketones (excluding diaryl/α,β-unsaturated/α-hetero) is 1. The van der Waals surface area contributed by atoms with E-state index in [-0.39, 0.29) is 0 Å². The van der Waals surface area contributed by atoms with Crippen LogP contribution in [0.5, 0.6) is 0 Å². The molecule has 0 amide bonds. The number of hydrogen-bond acceptors (Lipinski definition) is 2. The van der Waals surface area contributed by atoms with Gasteiger partial charge in [-0.05, 0) is 43.2 Å². The SMILES string of the molecule is CCCC1CCC(C(=O)Cc2cccnc2)CC1. The largest absolute Gasteiger partial charge is 0.299 e. The Kier molecular flexibility index (Phi) is 4.91. The third kappa shape index (κ3) is 3.66. The molecule has 0 saturated heterocycles. The lowest BCUT2D eigenvalue weighted by molar-refractivity contribution is -0.123. The summed E-state index contributed by atoms with van der Waals surface area (Å²) in [5.41, 5.74) is 1.05. The van der Waals surface area contributed by atoms with Crippen molar-refractivity contribution in [2.75, 3.05) is 0 Å². The zero-order valence-electron chi connectivity index (χ0n) is 11.3. The van der Waals surface area contributed by atoms with Gasteiger partial charge < -0.3 is 0 Å². The Balaban J connectivity index is 1.81. The summed E-state index contributed by atoms with van der Waals surface area (Å²) < 4.78 is 0. The molecule has 0 radical (unpaired) electrons. The minimum atomic E-state index is 0.304. The second-order valence-electron chi connectivity index (χ2n) is 5.51. The Morgan fingerprint density at radius 3 is 2.72 bits per heavy atom. The topological polar surface area (TPSA) is 30.0 Å². The summed E-state index contributed by atoms with van der Waals surface area (Å²) in [5.74, 6) is 1.59. The fraction of sp³-hybridized carbons (Fsp3) is 0.625. The quantitative estimate of drug-likeness (QED) is 0.789. The molecule has 1 saturated carbocycles. The number of nitrogens with zero attached hydrogens (tertiary/aromatic N) is 1. The zero-order chi connectivity index (χ0) is 12.8. The molecule has 0 N–H and O–H groups in total. The van der Waals surface area contributed by atoms with Crippen molar-refractivity contribution >= 4 is 5.78 Å². The van der Waals surface area contributed by atoms with E-state index in [0.29, 0.717) is 18.1 Å². The first kappa shape index (κ1) is 13.3. The standard InChI is InChI=1S/C16H23NO/c1-2-4-13-6-8-15(9-7-13)16(18)11-14-5-3-10-17-12-14/h3,5,10,12-13,15H,2,4,6-9,11H2,1H3. The van der Waals surface area contributed by atoms with Crippen molar-refractivity contribution in [3.05, 3.63) is 30.1 Å². The minimum Gasteiger partial charge on any atom is -0.299 e. The smallest absolute Gasteiger partial charge is 0.140 e. The van der Waals surface area contributed by atoms with Crippen molar-refractivity contribution in [3.8, 4) is 0 Å². The first-order chi connectivity index (χ1) is 8.79. The van der Waals surface area contributed by atoms with Gasteiger partial charge in [-0.3, -0.25) is 9.78 Å². The van der Waals surface area contributed by atoms with Crippen molar-refractivity contribution in [2.45, 2.75) is 51.9 Å².